The van der Waals surface area contributed by atoms with Gasteiger partial charge in [0, 0.05) is 11.1 Å². The Morgan fingerprint density at radius 2 is 1.40 bits per heavy atom. The summed E-state index contributed by atoms with van der Waals surface area (Å²) in [5.74, 6) is 0. The second-order valence-corrected chi connectivity index (χ2v) is 6.40. The average Bonchev–Trinajstić information content (AvgIpc) is 3.08. The number of para-hydroxylation sites is 1. The van der Waals surface area contributed by atoms with Crippen LogP contribution in [-0.2, 0) is 0 Å². The molecule has 0 spiro atoms. The van der Waals surface area contributed by atoms with Crippen LogP contribution in [0.4, 0.5) is 0 Å². The standard InChI is InChI=1S/C23H20N2/c1-17-11-13-19(14-12-17)22-16-23(20-8-6-7-18(2)15-20)25(24-22)21-9-4-3-5-10-21/h3-16H,1-2H3. The smallest absolute Gasteiger partial charge is 0.0934 e. The lowest BCUT2D eigenvalue weighted by molar-refractivity contribution is 0.892. The predicted molar refractivity (Wildman–Crippen MR) is 104 cm³/mol. The van der Waals surface area contributed by atoms with Crippen molar-refractivity contribution in [2.45, 2.75) is 13.8 Å². The molecule has 1 heterocycles. The molecule has 3 aromatic carbocycles. The molecule has 0 bridgehead atoms. The summed E-state index contributed by atoms with van der Waals surface area (Å²) in [5, 5.41) is 4.90. The molecule has 0 radical (unpaired) electrons. The van der Waals surface area contributed by atoms with Crippen LogP contribution in [0.3, 0.4) is 0 Å². The summed E-state index contributed by atoms with van der Waals surface area (Å²) < 4.78 is 2.03. The maximum Gasteiger partial charge on any atom is 0.0934 e. The van der Waals surface area contributed by atoms with E-state index in [9.17, 15) is 0 Å². The third kappa shape index (κ3) is 3.11. The van der Waals surface area contributed by atoms with Crippen molar-refractivity contribution in [3.05, 3.63) is 96.1 Å². The molecule has 25 heavy (non-hydrogen) atoms. The van der Waals surface area contributed by atoms with Gasteiger partial charge >= 0.3 is 0 Å². The zero-order valence-corrected chi connectivity index (χ0v) is 14.5. The van der Waals surface area contributed by atoms with Gasteiger partial charge in [0.15, 0.2) is 0 Å². The van der Waals surface area contributed by atoms with E-state index in [4.69, 9.17) is 5.10 Å². The SMILES string of the molecule is Cc1ccc(-c2cc(-c3cccc(C)c3)n(-c3ccccc3)n2)cc1. The van der Waals surface area contributed by atoms with Crippen LogP contribution in [-0.4, -0.2) is 9.78 Å². The van der Waals surface area contributed by atoms with Gasteiger partial charge in [0.05, 0.1) is 17.1 Å². The fourth-order valence-corrected chi connectivity index (χ4v) is 3.02. The highest BCUT2D eigenvalue weighted by atomic mass is 15.3. The molecule has 2 nitrogen and oxygen atoms in total. The normalized spacial score (nSPS) is 10.8. The lowest BCUT2D eigenvalue weighted by Crippen LogP contribution is -1.99. The summed E-state index contributed by atoms with van der Waals surface area (Å²) in [6.07, 6.45) is 0. The largest absolute Gasteiger partial charge is 0.232 e. The second-order valence-electron chi connectivity index (χ2n) is 6.40. The summed E-state index contributed by atoms with van der Waals surface area (Å²) >= 11 is 0. The van der Waals surface area contributed by atoms with Crippen LogP contribution in [0.5, 0.6) is 0 Å². The van der Waals surface area contributed by atoms with Crippen molar-refractivity contribution in [2.75, 3.05) is 0 Å². The van der Waals surface area contributed by atoms with Gasteiger partial charge in [-0.1, -0.05) is 71.8 Å². The van der Waals surface area contributed by atoms with Crippen molar-refractivity contribution in [1.82, 2.24) is 9.78 Å². The van der Waals surface area contributed by atoms with Crippen LogP contribution >= 0.6 is 0 Å². The number of nitrogens with zero attached hydrogens (tertiary/aromatic N) is 2. The van der Waals surface area contributed by atoms with Crippen molar-refractivity contribution in [3.63, 3.8) is 0 Å². The Balaban J connectivity index is 1.90. The first-order chi connectivity index (χ1) is 12.2. The number of aryl methyl sites for hydroxylation is 2. The highest BCUT2D eigenvalue weighted by Gasteiger charge is 2.13. The van der Waals surface area contributed by atoms with Gasteiger partial charge in [-0.15, -0.1) is 0 Å². The maximum absolute atomic E-state index is 4.90. The first-order valence-corrected chi connectivity index (χ1v) is 8.50. The fraction of sp³-hybridized carbons (Fsp3) is 0.0870. The zero-order chi connectivity index (χ0) is 17.2. The Morgan fingerprint density at radius 3 is 2.12 bits per heavy atom. The molecule has 0 aliphatic rings. The number of benzene rings is 3. The van der Waals surface area contributed by atoms with Crippen molar-refractivity contribution in [2.24, 2.45) is 0 Å². The second kappa shape index (κ2) is 6.40. The van der Waals surface area contributed by atoms with Crippen LogP contribution < -0.4 is 0 Å². The molecule has 4 aromatic rings. The summed E-state index contributed by atoms with van der Waals surface area (Å²) in [7, 11) is 0. The van der Waals surface area contributed by atoms with Gasteiger partial charge in [0.2, 0.25) is 0 Å². The Kier molecular flexibility index (Phi) is 3.95. The Labute approximate surface area is 148 Å². The van der Waals surface area contributed by atoms with E-state index in [0.29, 0.717) is 0 Å². The van der Waals surface area contributed by atoms with Crippen molar-refractivity contribution < 1.29 is 0 Å². The molecule has 122 valence electrons. The van der Waals surface area contributed by atoms with E-state index in [-0.39, 0.29) is 0 Å². The van der Waals surface area contributed by atoms with Gasteiger partial charge in [-0.3, -0.25) is 0 Å². The average molecular weight is 324 g/mol. The molecule has 0 amide bonds. The molecule has 0 saturated carbocycles. The van der Waals surface area contributed by atoms with E-state index >= 15 is 0 Å². The summed E-state index contributed by atoms with van der Waals surface area (Å²) in [5.41, 5.74) is 7.97. The van der Waals surface area contributed by atoms with Crippen molar-refractivity contribution in [3.8, 4) is 28.2 Å². The topological polar surface area (TPSA) is 17.8 Å². The van der Waals surface area contributed by atoms with Gasteiger partial charge in [0.25, 0.3) is 0 Å². The minimum Gasteiger partial charge on any atom is -0.232 e. The highest BCUT2D eigenvalue weighted by Crippen LogP contribution is 2.29. The van der Waals surface area contributed by atoms with E-state index in [1.54, 1.807) is 0 Å². The molecule has 4 rings (SSSR count). The molecule has 0 aliphatic carbocycles. The molecule has 0 fully saturated rings. The van der Waals surface area contributed by atoms with E-state index in [0.717, 1.165) is 22.6 Å². The molecule has 1 aromatic heterocycles. The minimum absolute atomic E-state index is 0.986. The van der Waals surface area contributed by atoms with E-state index in [1.165, 1.54) is 16.7 Å². The van der Waals surface area contributed by atoms with Crippen LogP contribution in [0.1, 0.15) is 11.1 Å². The lowest BCUT2D eigenvalue weighted by Gasteiger charge is -2.08. The highest BCUT2D eigenvalue weighted by molar-refractivity contribution is 5.71. The Bertz CT molecular complexity index is 996. The summed E-state index contributed by atoms with van der Waals surface area (Å²) in [6.45, 7) is 4.22. The van der Waals surface area contributed by atoms with Gasteiger partial charge in [0.1, 0.15) is 0 Å². The molecule has 0 N–H and O–H groups in total. The third-order valence-corrected chi connectivity index (χ3v) is 4.37. The Morgan fingerprint density at radius 1 is 0.640 bits per heavy atom. The van der Waals surface area contributed by atoms with Gasteiger partial charge in [-0.25, -0.2) is 4.68 Å². The number of aromatic nitrogens is 2. The number of hydrogen-bond donors (Lipinski definition) is 0. The molecule has 0 aliphatic heterocycles. The summed E-state index contributed by atoms with van der Waals surface area (Å²) in [4.78, 5) is 0. The van der Waals surface area contributed by atoms with Crippen molar-refractivity contribution in [1.29, 1.82) is 0 Å². The van der Waals surface area contributed by atoms with Crippen LogP contribution in [0.2, 0.25) is 0 Å². The first kappa shape index (κ1) is 15.4. The number of rotatable bonds is 3. The molecule has 2 heteroatoms. The monoisotopic (exact) mass is 324 g/mol. The van der Waals surface area contributed by atoms with Crippen molar-refractivity contribution >= 4 is 0 Å². The maximum atomic E-state index is 4.90. The fourth-order valence-electron chi connectivity index (χ4n) is 3.02. The lowest BCUT2D eigenvalue weighted by atomic mass is 10.1. The molecule has 0 unspecified atom stereocenters. The minimum atomic E-state index is 0.986. The molecular weight excluding hydrogens is 304 g/mol. The third-order valence-electron chi connectivity index (χ3n) is 4.37. The van der Waals surface area contributed by atoms with Gasteiger partial charge in [-0.2, -0.15) is 5.10 Å². The molecule has 0 saturated heterocycles. The molecular formula is C23H20N2. The molecule has 0 atom stereocenters. The predicted octanol–water partition coefficient (Wildman–Crippen LogP) is 5.82. The Hall–Kier alpha value is -3.13. The van der Waals surface area contributed by atoms with E-state index < -0.39 is 0 Å². The summed E-state index contributed by atoms with van der Waals surface area (Å²) in [6, 6.07) is 29.5. The van der Waals surface area contributed by atoms with Gasteiger partial charge in [-0.05, 0) is 38.1 Å². The van der Waals surface area contributed by atoms with Crippen LogP contribution in [0.25, 0.3) is 28.2 Å². The first-order valence-electron chi connectivity index (χ1n) is 8.50. The van der Waals surface area contributed by atoms with Gasteiger partial charge < -0.3 is 0 Å². The zero-order valence-electron chi connectivity index (χ0n) is 14.5. The van der Waals surface area contributed by atoms with E-state index in [1.807, 2.05) is 22.9 Å². The van der Waals surface area contributed by atoms with E-state index in [2.05, 4.69) is 80.6 Å². The number of hydrogen-bond acceptors (Lipinski definition) is 1. The quantitative estimate of drug-likeness (QED) is 0.464. The van der Waals surface area contributed by atoms with Crippen LogP contribution in [0.15, 0.2) is 84.9 Å². The van der Waals surface area contributed by atoms with Crippen LogP contribution in [0, 0.1) is 13.8 Å².